The van der Waals surface area contributed by atoms with E-state index < -0.39 is 11.6 Å². The van der Waals surface area contributed by atoms with Gasteiger partial charge in [0.2, 0.25) is 0 Å². The summed E-state index contributed by atoms with van der Waals surface area (Å²) >= 11 is 1.10. The van der Waals surface area contributed by atoms with Gasteiger partial charge in [-0.2, -0.15) is 4.98 Å². The number of halogens is 2. The number of rotatable bonds is 2. The van der Waals surface area contributed by atoms with Gasteiger partial charge >= 0.3 is 0 Å². The zero-order valence-electron chi connectivity index (χ0n) is 8.98. The second kappa shape index (κ2) is 4.34. The molecular weight excluding hydrogens is 256 g/mol. The van der Waals surface area contributed by atoms with Crippen LogP contribution in [0.1, 0.15) is 0 Å². The van der Waals surface area contributed by atoms with Crippen molar-refractivity contribution < 1.29 is 13.5 Å². The average molecular weight is 262 g/mol. The Morgan fingerprint density at radius 2 is 1.94 bits per heavy atom. The van der Waals surface area contributed by atoms with Crippen molar-refractivity contribution in [3.05, 3.63) is 54.1 Å². The molecule has 3 aromatic rings. The van der Waals surface area contributed by atoms with E-state index in [1.165, 1.54) is 6.07 Å². The number of aromatic nitrogens is 1. The molecule has 1 aromatic heterocycles. The molecule has 89 valence electrons. The van der Waals surface area contributed by atoms with Crippen molar-refractivity contribution in [2.75, 3.05) is 0 Å². The number of benzene rings is 2. The minimum atomic E-state index is -0.683. The Bertz CT molecular complexity index is 697. The van der Waals surface area contributed by atoms with Crippen molar-refractivity contribution >= 4 is 21.6 Å². The van der Waals surface area contributed by atoms with E-state index in [1.54, 1.807) is 24.3 Å². The summed E-state index contributed by atoms with van der Waals surface area (Å²) in [6.45, 7) is 0. The van der Waals surface area contributed by atoms with Crippen LogP contribution in [0.15, 0.2) is 36.4 Å². The van der Waals surface area contributed by atoms with Crippen LogP contribution in [-0.4, -0.2) is 4.98 Å². The van der Waals surface area contributed by atoms with Gasteiger partial charge in [0.1, 0.15) is 17.1 Å². The molecule has 2 aromatic carbocycles. The molecule has 0 unspecified atom stereocenters. The normalized spacial score (nSPS) is 10.8. The highest BCUT2D eigenvalue weighted by Crippen LogP contribution is 2.32. The maximum Gasteiger partial charge on any atom is 0.279 e. The molecule has 2 nitrogen and oxygen atoms in total. The predicted molar refractivity (Wildman–Crippen MR) is 64.9 cm³/mol. The summed E-state index contributed by atoms with van der Waals surface area (Å²) in [7, 11) is 0. The highest BCUT2D eigenvalue weighted by molar-refractivity contribution is 7.20. The molecule has 0 fully saturated rings. The molecule has 0 amide bonds. The third kappa shape index (κ3) is 2.04. The molecule has 0 saturated heterocycles. The largest absolute Gasteiger partial charge is 0.431 e. The first-order valence-electron chi connectivity index (χ1n) is 5.12. The number of nitrogens with zero attached hydrogens (tertiary/aromatic N) is 1. The van der Waals surface area contributed by atoms with Gasteiger partial charge in [-0.05, 0) is 24.3 Å². The van der Waals surface area contributed by atoms with Gasteiger partial charge in [-0.3, -0.25) is 0 Å². The Kier molecular flexibility index (Phi) is 2.68. The van der Waals surface area contributed by atoms with Crippen LogP contribution in [0.25, 0.3) is 10.2 Å². The fourth-order valence-electron chi connectivity index (χ4n) is 1.52. The van der Waals surface area contributed by atoms with Crippen molar-refractivity contribution in [1.29, 1.82) is 0 Å². The van der Waals surface area contributed by atoms with Gasteiger partial charge in [0, 0.05) is 6.07 Å². The molecule has 5 heteroatoms. The van der Waals surface area contributed by atoms with Crippen LogP contribution >= 0.6 is 11.3 Å². The van der Waals surface area contributed by atoms with E-state index in [0.717, 1.165) is 17.4 Å². The maximum atomic E-state index is 13.4. The minimum absolute atomic E-state index is 0.124. The van der Waals surface area contributed by atoms with Crippen LogP contribution in [0, 0.1) is 17.7 Å². The third-order valence-corrected chi connectivity index (χ3v) is 3.17. The molecule has 1 heterocycles. The number of fused-ring (bicyclic) bond motifs is 1. The molecule has 1 radical (unpaired) electrons. The van der Waals surface area contributed by atoms with Gasteiger partial charge in [0.15, 0.2) is 5.82 Å². The summed E-state index contributed by atoms with van der Waals surface area (Å²) < 4.78 is 32.3. The van der Waals surface area contributed by atoms with Gasteiger partial charge in [0.25, 0.3) is 5.19 Å². The van der Waals surface area contributed by atoms with Crippen LogP contribution in [-0.2, 0) is 0 Å². The SMILES string of the molecule is Fc1cc(F)c2nc(Oc3cc[c]cc3)sc2c1. The first-order valence-corrected chi connectivity index (χ1v) is 5.93. The second-order valence-electron chi connectivity index (χ2n) is 3.55. The lowest BCUT2D eigenvalue weighted by Gasteiger charge is -1.98. The Labute approximate surface area is 105 Å². The minimum Gasteiger partial charge on any atom is -0.431 e. The molecule has 0 N–H and O–H groups in total. The molecule has 0 atom stereocenters. The summed E-state index contributed by atoms with van der Waals surface area (Å²) in [4.78, 5) is 3.99. The molecule has 0 saturated carbocycles. The monoisotopic (exact) mass is 262 g/mol. The van der Waals surface area contributed by atoms with Crippen LogP contribution in [0.4, 0.5) is 8.78 Å². The topological polar surface area (TPSA) is 22.1 Å². The van der Waals surface area contributed by atoms with Crippen LogP contribution < -0.4 is 4.74 Å². The lowest BCUT2D eigenvalue weighted by molar-refractivity contribution is 0.479. The van der Waals surface area contributed by atoms with E-state index in [9.17, 15) is 8.78 Å². The van der Waals surface area contributed by atoms with E-state index in [4.69, 9.17) is 4.74 Å². The van der Waals surface area contributed by atoms with Gasteiger partial charge in [-0.25, -0.2) is 8.78 Å². The fraction of sp³-hybridized carbons (Fsp3) is 0. The number of hydrogen-bond donors (Lipinski definition) is 0. The van der Waals surface area contributed by atoms with Gasteiger partial charge in [0.05, 0.1) is 4.70 Å². The van der Waals surface area contributed by atoms with Gasteiger partial charge in [-0.1, -0.05) is 23.5 Å². The smallest absolute Gasteiger partial charge is 0.279 e. The predicted octanol–water partition coefficient (Wildman–Crippen LogP) is 4.17. The number of thiazole rings is 1. The molecule has 0 aliphatic heterocycles. The molecule has 3 rings (SSSR count). The summed E-state index contributed by atoms with van der Waals surface area (Å²) in [6, 6.07) is 11.7. The second-order valence-corrected chi connectivity index (χ2v) is 4.55. The van der Waals surface area contributed by atoms with Crippen molar-refractivity contribution in [2.24, 2.45) is 0 Å². The summed E-state index contributed by atoms with van der Waals surface area (Å²) in [5.41, 5.74) is 0.124. The lowest BCUT2D eigenvalue weighted by atomic mass is 10.3. The highest BCUT2D eigenvalue weighted by Gasteiger charge is 2.11. The van der Waals surface area contributed by atoms with Crippen LogP contribution in [0.5, 0.6) is 10.9 Å². The van der Waals surface area contributed by atoms with Gasteiger partial charge in [-0.15, -0.1) is 0 Å². The van der Waals surface area contributed by atoms with Crippen molar-refractivity contribution in [1.82, 2.24) is 4.98 Å². The summed E-state index contributed by atoms with van der Waals surface area (Å²) in [5.74, 6) is -0.726. The Morgan fingerprint density at radius 3 is 2.72 bits per heavy atom. The zero-order chi connectivity index (χ0) is 12.5. The molecule has 18 heavy (non-hydrogen) atoms. The molecular formula is C13H6F2NOS. The van der Waals surface area contributed by atoms with Crippen LogP contribution in [0.3, 0.4) is 0 Å². The van der Waals surface area contributed by atoms with E-state index in [-0.39, 0.29) is 10.7 Å². The zero-order valence-corrected chi connectivity index (χ0v) is 9.80. The first-order chi connectivity index (χ1) is 8.72. The standard InChI is InChI=1S/C13H6F2NOS/c14-8-6-10(15)12-11(7-8)18-13(16-12)17-9-4-2-1-3-5-9/h2-7H. The Hall–Kier alpha value is -2.01. The third-order valence-electron chi connectivity index (χ3n) is 2.29. The Balaban J connectivity index is 2.01. The van der Waals surface area contributed by atoms with E-state index in [0.29, 0.717) is 10.4 Å². The average Bonchev–Trinajstić information content (AvgIpc) is 2.73. The van der Waals surface area contributed by atoms with Crippen molar-refractivity contribution in [3.8, 4) is 10.9 Å². The van der Waals surface area contributed by atoms with E-state index in [2.05, 4.69) is 11.1 Å². The van der Waals surface area contributed by atoms with Crippen LogP contribution in [0.2, 0.25) is 0 Å². The maximum absolute atomic E-state index is 13.4. The van der Waals surface area contributed by atoms with E-state index >= 15 is 0 Å². The number of hydrogen-bond acceptors (Lipinski definition) is 3. The lowest BCUT2D eigenvalue weighted by Crippen LogP contribution is -1.83. The first kappa shape index (κ1) is 11.1. The molecule has 0 aliphatic carbocycles. The Morgan fingerprint density at radius 1 is 1.17 bits per heavy atom. The van der Waals surface area contributed by atoms with Crippen molar-refractivity contribution in [2.45, 2.75) is 0 Å². The summed E-state index contributed by atoms with van der Waals surface area (Å²) in [5, 5.41) is 0.278. The highest BCUT2D eigenvalue weighted by atomic mass is 32.1. The van der Waals surface area contributed by atoms with Gasteiger partial charge < -0.3 is 4.74 Å². The fourth-order valence-corrected chi connectivity index (χ4v) is 2.40. The van der Waals surface area contributed by atoms with E-state index in [1.807, 2.05) is 0 Å². The van der Waals surface area contributed by atoms with Crippen molar-refractivity contribution in [3.63, 3.8) is 0 Å². The quantitative estimate of drug-likeness (QED) is 0.691. The number of ether oxygens (including phenoxy) is 1. The molecule has 0 spiro atoms. The summed E-state index contributed by atoms with van der Waals surface area (Å²) in [6.07, 6.45) is 0. The molecule has 0 aliphatic rings. The molecule has 0 bridgehead atoms.